The summed E-state index contributed by atoms with van der Waals surface area (Å²) in [5, 5.41) is 0. The lowest BCUT2D eigenvalue weighted by Gasteiger charge is -2.41. The van der Waals surface area contributed by atoms with Gasteiger partial charge in [-0.1, -0.05) is 13.8 Å². The van der Waals surface area contributed by atoms with E-state index in [9.17, 15) is 9.59 Å². The molecule has 2 bridgehead atoms. The molecule has 4 rings (SSSR count). The molecule has 1 unspecified atom stereocenters. The first-order valence-corrected chi connectivity index (χ1v) is 13.0. The van der Waals surface area contributed by atoms with Crippen LogP contribution >= 0.6 is 0 Å². The molecule has 4 fully saturated rings. The maximum atomic E-state index is 15.2. The fourth-order valence-electron chi connectivity index (χ4n) is 6.78. The first-order chi connectivity index (χ1) is 16.0. The average molecular weight is 483 g/mol. The molecular formula is C26H43FN2O5. The van der Waals surface area contributed by atoms with Crippen molar-refractivity contribution < 1.29 is 28.2 Å². The first kappa shape index (κ1) is 25.7. The van der Waals surface area contributed by atoms with E-state index in [1.54, 1.807) is 32.8 Å². The summed E-state index contributed by atoms with van der Waals surface area (Å²) in [5.74, 6) is 1.19. The predicted molar refractivity (Wildman–Crippen MR) is 126 cm³/mol. The Kier molecular flexibility index (Phi) is 7.22. The molecule has 1 aliphatic carbocycles. The molecule has 4 aliphatic rings. The summed E-state index contributed by atoms with van der Waals surface area (Å²) in [6.07, 6.45) is 3.17. The topological polar surface area (TPSA) is 68.3 Å². The second kappa shape index (κ2) is 9.57. The number of methoxy groups -OCH3 is 1. The van der Waals surface area contributed by atoms with E-state index < -0.39 is 35.4 Å². The minimum atomic E-state index is -1.22. The second-order valence-electron chi connectivity index (χ2n) is 12.2. The van der Waals surface area contributed by atoms with Crippen LogP contribution in [0.3, 0.4) is 0 Å². The second-order valence-corrected chi connectivity index (χ2v) is 12.2. The Morgan fingerprint density at radius 1 is 1.15 bits per heavy atom. The van der Waals surface area contributed by atoms with Crippen molar-refractivity contribution in [3.05, 3.63) is 0 Å². The molecule has 0 aromatic carbocycles. The van der Waals surface area contributed by atoms with Gasteiger partial charge in [-0.05, 0) is 70.6 Å². The van der Waals surface area contributed by atoms with Crippen molar-refractivity contribution in [2.24, 2.45) is 23.2 Å². The number of amides is 2. The summed E-state index contributed by atoms with van der Waals surface area (Å²) >= 11 is 0. The molecule has 3 aliphatic heterocycles. The maximum Gasteiger partial charge on any atom is 0.410 e. The monoisotopic (exact) mass is 482 g/mol. The number of ether oxygens (including phenoxy) is 3. The smallest absolute Gasteiger partial charge is 0.410 e. The van der Waals surface area contributed by atoms with Crippen LogP contribution in [0.5, 0.6) is 0 Å². The number of hydrogen-bond donors (Lipinski definition) is 0. The lowest BCUT2D eigenvalue weighted by Crippen LogP contribution is -2.55. The van der Waals surface area contributed by atoms with Crippen molar-refractivity contribution in [2.45, 2.75) is 96.7 Å². The zero-order chi connectivity index (χ0) is 24.8. The Morgan fingerprint density at radius 2 is 1.82 bits per heavy atom. The number of fused-ring (bicyclic) bond motifs is 2. The molecule has 0 aromatic rings. The highest BCUT2D eigenvalue weighted by molar-refractivity contribution is 5.85. The number of likely N-dealkylation sites (tertiary alicyclic amines) is 2. The van der Waals surface area contributed by atoms with E-state index in [2.05, 4.69) is 13.8 Å². The number of nitrogens with zero attached hydrogens (tertiary/aromatic N) is 2. The van der Waals surface area contributed by atoms with E-state index in [0.29, 0.717) is 18.4 Å². The molecule has 34 heavy (non-hydrogen) atoms. The molecule has 2 amide bonds. The number of halogens is 1. The third-order valence-electron chi connectivity index (χ3n) is 8.75. The van der Waals surface area contributed by atoms with Crippen molar-refractivity contribution in [3.8, 4) is 0 Å². The number of rotatable bonds is 5. The van der Waals surface area contributed by atoms with Gasteiger partial charge in [0.1, 0.15) is 11.8 Å². The van der Waals surface area contributed by atoms with Crippen molar-refractivity contribution in [1.82, 2.24) is 9.80 Å². The van der Waals surface area contributed by atoms with Gasteiger partial charge in [-0.2, -0.15) is 0 Å². The molecule has 1 saturated carbocycles. The highest BCUT2D eigenvalue weighted by atomic mass is 19.1. The van der Waals surface area contributed by atoms with Crippen LogP contribution in [-0.2, 0) is 19.0 Å². The van der Waals surface area contributed by atoms with Gasteiger partial charge in [0.05, 0.1) is 30.2 Å². The van der Waals surface area contributed by atoms with Crippen LogP contribution < -0.4 is 0 Å². The fraction of sp³-hybridized carbons (Fsp3) is 0.923. The molecule has 8 heteroatoms. The van der Waals surface area contributed by atoms with Gasteiger partial charge in [-0.25, -0.2) is 9.18 Å². The SMILES string of the molecule is CO[C@@H]1COCC[C@@H]1C[C@@H]1CC[C@@](C(=O)N2C[C@@H]3C(F)[C@H]2CN3C(=O)OC(C)(C)C)(C(C)C)C1. The Balaban J connectivity index is 1.43. The lowest BCUT2D eigenvalue weighted by atomic mass is 9.73. The third kappa shape index (κ3) is 4.69. The van der Waals surface area contributed by atoms with Crippen LogP contribution in [-0.4, -0.2) is 85.2 Å². The van der Waals surface area contributed by atoms with Gasteiger partial charge in [0.25, 0.3) is 0 Å². The number of carbonyl (C=O) groups is 2. The average Bonchev–Trinajstić information content (AvgIpc) is 3.44. The van der Waals surface area contributed by atoms with Gasteiger partial charge in [0.15, 0.2) is 0 Å². The minimum absolute atomic E-state index is 0.0826. The number of piperazine rings is 1. The van der Waals surface area contributed by atoms with Crippen molar-refractivity contribution in [1.29, 1.82) is 0 Å². The molecular weight excluding hydrogens is 439 g/mol. The van der Waals surface area contributed by atoms with Gasteiger partial charge in [0.2, 0.25) is 5.91 Å². The molecule has 7 nitrogen and oxygen atoms in total. The Hall–Kier alpha value is -1.41. The van der Waals surface area contributed by atoms with Crippen molar-refractivity contribution in [2.75, 3.05) is 33.4 Å². The first-order valence-electron chi connectivity index (χ1n) is 13.0. The van der Waals surface area contributed by atoms with Crippen LogP contribution in [0.2, 0.25) is 0 Å². The quantitative estimate of drug-likeness (QED) is 0.592. The minimum Gasteiger partial charge on any atom is -0.444 e. The summed E-state index contributed by atoms with van der Waals surface area (Å²) < 4.78 is 32.0. The Labute approximate surface area is 203 Å². The van der Waals surface area contributed by atoms with Gasteiger partial charge in [0, 0.05) is 26.8 Å². The maximum absolute atomic E-state index is 15.2. The molecule has 3 heterocycles. The van der Waals surface area contributed by atoms with Crippen LogP contribution in [0.25, 0.3) is 0 Å². The van der Waals surface area contributed by atoms with Crippen molar-refractivity contribution >= 4 is 12.0 Å². The molecule has 194 valence electrons. The van der Waals surface area contributed by atoms with E-state index in [1.807, 2.05) is 0 Å². The molecule has 3 saturated heterocycles. The van der Waals surface area contributed by atoms with Crippen LogP contribution in [0.4, 0.5) is 9.18 Å². The summed E-state index contributed by atoms with van der Waals surface area (Å²) in [6.45, 7) is 11.6. The summed E-state index contributed by atoms with van der Waals surface area (Å²) in [6, 6.07) is -1.19. The molecule has 0 aromatic heterocycles. The van der Waals surface area contributed by atoms with E-state index in [1.165, 1.54) is 4.90 Å². The van der Waals surface area contributed by atoms with E-state index in [4.69, 9.17) is 14.2 Å². The lowest BCUT2D eigenvalue weighted by molar-refractivity contribution is -0.147. The van der Waals surface area contributed by atoms with Gasteiger partial charge in [-0.3, -0.25) is 9.69 Å². The Morgan fingerprint density at radius 3 is 2.41 bits per heavy atom. The standard InChI is InChI=1S/C26H43FN2O5/c1-16(2)26(9-7-17(12-26)11-18-8-10-33-15-21(18)32-6)23(30)28-13-20-22(27)19(28)14-29(20)24(31)34-25(3,4)5/h16-22H,7-15H2,1-6H3/t17-,18+,19+,20+,21+,22?,26-/m0/s1. The summed E-state index contributed by atoms with van der Waals surface area (Å²) in [7, 11) is 1.75. The molecule has 0 spiro atoms. The normalized spacial score (nSPS) is 38.1. The highest BCUT2D eigenvalue weighted by Crippen LogP contribution is 2.52. The van der Waals surface area contributed by atoms with Crippen LogP contribution in [0.15, 0.2) is 0 Å². The summed E-state index contributed by atoms with van der Waals surface area (Å²) in [5.41, 5.74) is -1.09. The van der Waals surface area contributed by atoms with Gasteiger partial charge >= 0.3 is 6.09 Å². The predicted octanol–water partition coefficient (Wildman–Crippen LogP) is 4.04. The number of alkyl halides is 1. The zero-order valence-electron chi connectivity index (χ0n) is 21.7. The van der Waals surface area contributed by atoms with Crippen molar-refractivity contribution in [3.63, 3.8) is 0 Å². The highest BCUT2D eigenvalue weighted by Gasteiger charge is 2.60. The van der Waals surface area contributed by atoms with Gasteiger partial charge in [-0.15, -0.1) is 0 Å². The third-order valence-corrected chi connectivity index (χ3v) is 8.75. The largest absolute Gasteiger partial charge is 0.444 e. The molecule has 7 atom stereocenters. The number of carbonyl (C=O) groups excluding carboxylic acids is 2. The van der Waals surface area contributed by atoms with Crippen LogP contribution in [0, 0.1) is 23.2 Å². The van der Waals surface area contributed by atoms with E-state index in [-0.39, 0.29) is 31.0 Å². The van der Waals surface area contributed by atoms with Crippen LogP contribution in [0.1, 0.15) is 66.7 Å². The number of hydrogen-bond acceptors (Lipinski definition) is 5. The summed E-state index contributed by atoms with van der Waals surface area (Å²) in [4.78, 5) is 29.8. The van der Waals surface area contributed by atoms with Gasteiger partial charge < -0.3 is 19.1 Å². The zero-order valence-corrected chi connectivity index (χ0v) is 21.7. The molecule has 0 N–H and O–H groups in total. The van der Waals surface area contributed by atoms with E-state index >= 15 is 4.39 Å². The Bertz CT molecular complexity index is 771. The van der Waals surface area contributed by atoms with E-state index in [0.717, 1.165) is 38.7 Å². The fourth-order valence-corrected chi connectivity index (χ4v) is 6.78. The molecule has 0 radical (unpaired) electrons.